The van der Waals surface area contributed by atoms with E-state index in [4.69, 9.17) is 0 Å². The summed E-state index contributed by atoms with van der Waals surface area (Å²) in [7, 11) is 0. The lowest BCUT2D eigenvalue weighted by Crippen LogP contribution is -2.47. The molecule has 2 aliphatic rings. The van der Waals surface area contributed by atoms with Crippen LogP contribution in [0.1, 0.15) is 55.6 Å². The molecule has 0 unspecified atom stereocenters. The van der Waals surface area contributed by atoms with Crippen molar-refractivity contribution in [3.63, 3.8) is 0 Å². The van der Waals surface area contributed by atoms with Crippen molar-refractivity contribution in [2.24, 2.45) is 0 Å². The van der Waals surface area contributed by atoms with Crippen LogP contribution in [0.3, 0.4) is 0 Å². The topological polar surface area (TPSA) is 59.4 Å². The molecule has 0 aromatic heterocycles. The van der Waals surface area contributed by atoms with E-state index in [1.807, 2.05) is 23.1 Å². The van der Waals surface area contributed by atoms with E-state index in [1.165, 1.54) is 18.4 Å². The number of carbonyl (C=O) groups excluding carboxylic acids is 1. The molecule has 2 fully saturated rings. The average molecular weight is 453 g/mol. The molecule has 0 bridgehead atoms. The fourth-order valence-corrected chi connectivity index (χ4v) is 5.11. The van der Waals surface area contributed by atoms with Gasteiger partial charge in [0.15, 0.2) is 0 Å². The first kappa shape index (κ1) is 23.2. The molecule has 5 nitrogen and oxygen atoms in total. The summed E-state index contributed by atoms with van der Waals surface area (Å²) < 4.78 is 27.2. The summed E-state index contributed by atoms with van der Waals surface area (Å²) in [6.07, 6.45) is 5.94. The number of hydrogen-bond donors (Lipinski definition) is 1. The van der Waals surface area contributed by atoms with Gasteiger partial charge in [0.1, 0.15) is 11.6 Å². The first-order chi connectivity index (χ1) is 16.0. The molecule has 1 aliphatic carbocycles. The number of likely N-dealkylation sites (tertiary alicyclic amines) is 1. The van der Waals surface area contributed by atoms with Crippen LogP contribution in [0.2, 0.25) is 0 Å². The highest BCUT2D eigenvalue weighted by Crippen LogP contribution is 2.35. The van der Waals surface area contributed by atoms with Gasteiger partial charge in [0, 0.05) is 30.9 Å². The Hall–Kier alpha value is -2.98. The molecule has 1 N–H and O–H groups in total. The number of urea groups is 1. The van der Waals surface area contributed by atoms with Crippen LogP contribution in [0.4, 0.5) is 19.3 Å². The summed E-state index contributed by atoms with van der Waals surface area (Å²) in [5.41, 5.74) is 1.98. The van der Waals surface area contributed by atoms with Gasteiger partial charge in [0.25, 0.3) is 0 Å². The molecule has 2 amide bonds. The zero-order chi connectivity index (χ0) is 23.2. The second kappa shape index (κ2) is 10.8. The van der Waals surface area contributed by atoms with Crippen LogP contribution in [-0.2, 0) is 0 Å². The van der Waals surface area contributed by atoms with Gasteiger partial charge in [-0.15, -0.1) is 0 Å². The highest BCUT2D eigenvalue weighted by Gasteiger charge is 2.30. The fourth-order valence-electron chi connectivity index (χ4n) is 5.11. The van der Waals surface area contributed by atoms with E-state index in [9.17, 15) is 18.8 Å². The number of halogens is 2. The minimum Gasteiger partial charge on any atom is -0.320 e. The van der Waals surface area contributed by atoms with Crippen LogP contribution >= 0.6 is 0 Å². The molecule has 2 aromatic carbocycles. The number of nitrogens with zero attached hydrogens (tertiary/aromatic N) is 3. The average Bonchev–Trinajstić information content (AvgIpc) is 3.33. The molecule has 7 heteroatoms. The highest BCUT2D eigenvalue weighted by molar-refractivity contribution is 5.89. The number of benzene rings is 2. The van der Waals surface area contributed by atoms with Crippen LogP contribution in [0.5, 0.6) is 0 Å². The van der Waals surface area contributed by atoms with Crippen molar-refractivity contribution < 1.29 is 13.6 Å². The van der Waals surface area contributed by atoms with Crippen molar-refractivity contribution in [2.45, 2.75) is 50.5 Å². The highest BCUT2D eigenvalue weighted by atomic mass is 19.1. The number of anilines is 1. The molecule has 0 spiro atoms. The third-order valence-corrected chi connectivity index (χ3v) is 6.86. The van der Waals surface area contributed by atoms with E-state index in [0.29, 0.717) is 18.0 Å². The Labute approximate surface area is 194 Å². The largest absolute Gasteiger partial charge is 0.322 e. The Morgan fingerprint density at radius 1 is 1.06 bits per heavy atom. The van der Waals surface area contributed by atoms with E-state index in [-0.39, 0.29) is 17.8 Å². The van der Waals surface area contributed by atoms with Crippen molar-refractivity contribution in [2.75, 3.05) is 31.5 Å². The predicted molar refractivity (Wildman–Crippen MR) is 124 cm³/mol. The lowest BCUT2D eigenvalue weighted by atomic mass is 9.81. The molecule has 174 valence electrons. The molecule has 0 radical (unpaired) electrons. The van der Waals surface area contributed by atoms with Gasteiger partial charge in [0.2, 0.25) is 0 Å². The minimum absolute atomic E-state index is 0.0707. The number of hydrogen-bond acceptors (Lipinski definition) is 3. The number of nitriles is 1. The van der Waals surface area contributed by atoms with Crippen LogP contribution in [-0.4, -0.2) is 48.1 Å². The van der Waals surface area contributed by atoms with Gasteiger partial charge in [-0.05, 0) is 87.4 Å². The van der Waals surface area contributed by atoms with E-state index in [1.54, 1.807) is 0 Å². The van der Waals surface area contributed by atoms with E-state index < -0.39 is 11.6 Å². The van der Waals surface area contributed by atoms with Crippen molar-refractivity contribution in [1.29, 1.82) is 5.26 Å². The van der Waals surface area contributed by atoms with Crippen molar-refractivity contribution in [3.05, 3.63) is 65.2 Å². The summed E-state index contributed by atoms with van der Waals surface area (Å²) in [6.45, 7) is 3.48. The molecule has 4 rings (SSSR count). The number of nitrogens with one attached hydrogen (secondary N) is 1. The van der Waals surface area contributed by atoms with E-state index in [2.05, 4.69) is 22.4 Å². The van der Waals surface area contributed by atoms with Crippen molar-refractivity contribution >= 4 is 11.7 Å². The first-order valence-corrected chi connectivity index (χ1v) is 11.8. The molecule has 1 saturated carbocycles. The summed E-state index contributed by atoms with van der Waals surface area (Å²) in [5, 5.41) is 11.9. The third-order valence-electron chi connectivity index (χ3n) is 6.86. The fraction of sp³-hybridized carbons (Fsp3) is 0.462. The molecule has 1 aliphatic heterocycles. The maximum atomic E-state index is 13.6. The van der Waals surface area contributed by atoms with Gasteiger partial charge in [-0.2, -0.15) is 5.26 Å². The monoisotopic (exact) mass is 452 g/mol. The summed E-state index contributed by atoms with van der Waals surface area (Å²) in [5.74, 6) is -1.06. The number of rotatable bonds is 6. The van der Waals surface area contributed by atoms with Crippen LogP contribution in [0, 0.1) is 23.0 Å². The van der Waals surface area contributed by atoms with E-state index >= 15 is 0 Å². The maximum Gasteiger partial charge on any atom is 0.322 e. The first-order valence-electron chi connectivity index (χ1n) is 11.8. The molecule has 1 saturated heterocycles. The predicted octanol–water partition coefficient (Wildman–Crippen LogP) is 5.49. The summed E-state index contributed by atoms with van der Waals surface area (Å²) in [4.78, 5) is 17.4. The Balaban J connectivity index is 1.43. The Kier molecular flexibility index (Phi) is 7.56. The van der Waals surface area contributed by atoms with Crippen LogP contribution < -0.4 is 5.32 Å². The van der Waals surface area contributed by atoms with Gasteiger partial charge in [-0.1, -0.05) is 12.1 Å². The van der Waals surface area contributed by atoms with Crippen LogP contribution in [0.15, 0.2) is 42.5 Å². The lowest BCUT2D eigenvalue weighted by Gasteiger charge is -2.38. The molecule has 33 heavy (non-hydrogen) atoms. The molecular formula is C26H30F2N4O. The minimum atomic E-state index is -0.714. The zero-order valence-electron chi connectivity index (χ0n) is 18.8. The molecule has 1 heterocycles. The molecular weight excluding hydrogens is 422 g/mol. The van der Waals surface area contributed by atoms with Crippen LogP contribution in [0.25, 0.3) is 0 Å². The maximum absolute atomic E-state index is 13.6. The number of amides is 2. The zero-order valence-corrected chi connectivity index (χ0v) is 18.8. The number of carbonyl (C=O) groups is 1. The van der Waals surface area contributed by atoms with E-state index in [0.717, 1.165) is 63.5 Å². The van der Waals surface area contributed by atoms with Crippen molar-refractivity contribution in [1.82, 2.24) is 9.80 Å². The van der Waals surface area contributed by atoms with Gasteiger partial charge in [-0.3, -0.25) is 0 Å². The summed E-state index contributed by atoms with van der Waals surface area (Å²) >= 11 is 0. The van der Waals surface area contributed by atoms with Gasteiger partial charge >= 0.3 is 6.03 Å². The molecule has 2 aromatic rings. The third kappa shape index (κ3) is 6.08. The lowest BCUT2D eigenvalue weighted by molar-refractivity contribution is 0.151. The Morgan fingerprint density at radius 3 is 2.42 bits per heavy atom. The smallest absolute Gasteiger partial charge is 0.320 e. The second-order valence-electron chi connectivity index (χ2n) is 9.07. The van der Waals surface area contributed by atoms with Gasteiger partial charge in [0.05, 0.1) is 11.6 Å². The molecule has 0 atom stereocenters. The Morgan fingerprint density at radius 2 is 1.76 bits per heavy atom. The standard InChI is InChI=1S/C26H30F2N4O/c27-22-15-23(28)17-24(16-22)30-26(33)32(13-12-31-10-1-2-11-31)25-8-6-20(7-9-25)21-5-3-4-19(14-21)18-29/h3-5,14-17,20,25H,1-2,6-13H2,(H,30,33)/t20-,25-. The second-order valence-corrected chi connectivity index (χ2v) is 9.07. The Bertz CT molecular complexity index is 987. The van der Waals surface area contributed by atoms with Gasteiger partial charge < -0.3 is 15.1 Å². The van der Waals surface area contributed by atoms with Crippen molar-refractivity contribution in [3.8, 4) is 6.07 Å². The normalized spacial score (nSPS) is 20.9. The quantitative estimate of drug-likeness (QED) is 0.630. The summed E-state index contributed by atoms with van der Waals surface area (Å²) in [6, 6.07) is 12.8. The SMILES string of the molecule is N#Cc1cccc([C@H]2CC[C@H](N(CCN3CCCC3)C(=O)Nc3cc(F)cc(F)c3)CC2)c1. The van der Waals surface area contributed by atoms with Gasteiger partial charge in [-0.25, -0.2) is 13.6 Å².